The van der Waals surface area contributed by atoms with Crippen molar-refractivity contribution >= 4 is 26.5 Å². The van der Waals surface area contributed by atoms with E-state index in [9.17, 15) is 8.42 Å². The third-order valence-electron chi connectivity index (χ3n) is 4.38. The van der Waals surface area contributed by atoms with E-state index >= 15 is 0 Å². The molecule has 26 heavy (non-hydrogen) atoms. The van der Waals surface area contributed by atoms with Crippen molar-refractivity contribution in [1.29, 1.82) is 0 Å². The first-order chi connectivity index (χ1) is 12.5. The molecule has 4 aromatic rings. The summed E-state index contributed by atoms with van der Waals surface area (Å²) in [6.45, 7) is 0.611. The number of fused-ring (bicyclic) bond motifs is 3. The van der Waals surface area contributed by atoms with Gasteiger partial charge in [0.15, 0.2) is 15.5 Å². The van der Waals surface area contributed by atoms with Gasteiger partial charge in [0.25, 0.3) is 0 Å². The molecule has 0 saturated heterocycles. The topological polar surface area (TPSA) is 106 Å². The van der Waals surface area contributed by atoms with Crippen LogP contribution in [0, 0.1) is 0 Å². The molecule has 8 heteroatoms. The normalized spacial score (nSPS) is 12.2. The highest BCUT2D eigenvalue weighted by Crippen LogP contribution is 2.26. The van der Waals surface area contributed by atoms with Gasteiger partial charge in [-0.1, -0.05) is 12.1 Å². The number of benzene rings is 1. The first-order valence-corrected chi connectivity index (χ1v) is 10.2. The van der Waals surface area contributed by atoms with E-state index < -0.39 is 9.84 Å². The second-order valence-corrected chi connectivity index (χ2v) is 8.32. The summed E-state index contributed by atoms with van der Waals surface area (Å²) >= 11 is 0. The fourth-order valence-electron chi connectivity index (χ4n) is 3.09. The summed E-state index contributed by atoms with van der Waals surface area (Å²) in [7, 11) is -3.26. The van der Waals surface area contributed by atoms with Crippen LogP contribution in [-0.4, -0.2) is 40.6 Å². The molecule has 0 unspecified atom stereocenters. The monoisotopic (exact) mass is 369 g/mol. The SMILES string of the molecule is CS(=O)(=O)c1cccc(-c2cc3c(ncc4cnc(CCCN)n43)[nH]2)c1. The number of nitrogens with zero attached hydrogens (tertiary/aromatic N) is 3. The molecule has 0 atom stereocenters. The number of hydrogen-bond donors (Lipinski definition) is 2. The molecule has 1 aromatic carbocycles. The average Bonchev–Trinajstić information content (AvgIpc) is 3.22. The van der Waals surface area contributed by atoms with Crippen LogP contribution >= 0.6 is 0 Å². The van der Waals surface area contributed by atoms with Crippen LogP contribution in [-0.2, 0) is 16.3 Å². The Morgan fingerprint density at radius 1 is 1.19 bits per heavy atom. The minimum Gasteiger partial charge on any atom is -0.338 e. The lowest BCUT2D eigenvalue weighted by Gasteiger charge is -2.02. The molecule has 0 aliphatic rings. The van der Waals surface area contributed by atoms with Gasteiger partial charge < -0.3 is 10.7 Å². The highest BCUT2D eigenvalue weighted by atomic mass is 32.2. The molecule has 0 aliphatic heterocycles. The van der Waals surface area contributed by atoms with Crippen molar-refractivity contribution < 1.29 is 8.42 Å². The summed E-state index contributed by atoms with van der Waals surface area (Å²) < 4.78 is 25.7. The number of nitrogens with two attached hydrogens (primary N) is 1. The van der Waals surface area contributed by atoms with Gasteiger partial charge in [0.05, 0.1) is 28.3 Å². The van der Waals surface area contributed by atoms with Crippen molar-refractivity contribution in [3.8, 4) is 11.3 Å². The fraction of sp³-hybridized carbons (Fsp3) is 0.222. The Balaban J connectivity index is 1.88. The van der Waals surface area contributed by atoms with Crippen LogP contribution in [0.15, 0.2) is 47.6 Å². The Hall–Kier alpha value is -2.71. The Bertz CT molecular complexity index is 1210. The largest absolute Gasteiger partial charge is 0.338 e. The molecule has 3 N–H and O–H groups in total. The van der Waals surface area contributed by atoms with Gasteiger partial charge in [-0.15, -0.1) is 0 Å². The molecule has 7 nitrogen and oxygen atoms in total. The first kappa shape index (κ1) is 16.7. The first-order valence-electron chi connectivity index (χ1n) is 8.32. The molecule has 4 rings (SSSR count). The van der Waals surface area contributed by atoms with Gasteiger partial charge in [0.2, 0.25) is 0 Å². The van der Waals surface area contributed by atoms with E-state index in [1.54, 1.807) is 30.6 Å². The van der Waals surface area contributed by atoms with E-state index in [1.165, 1.54) is 6.26 Å². The average molecular weight is 369 g/mol. The minimum absolute atomic E-state index is 0.290. The number of hydrogen-bond acceptors (Lipinski definition) is 5. The second kappa shape index (κ2) is 6.22. The highest BCUT2D eigenvalue weighted by Gasteiger charge is 2.13. The van der Waals surface area contributed by atoms with E-state index in [0.29, 0.717) is 6.54 Å². The van der Waals surface area contributed by atoms with Gasteiger partial charge in [-0.25, -0.2) is 18.4 Å². The van der Waals surface area contributed by atoms with Gasteiger partial charge in [0, 0.05) is 18.4 Å². The Labute approximate surface area is 150 Å². The van der Waals surface area contributed by atoms with Crippen molar-refractivity contribution in [3.05, 3.63) is 48.5 Å². The van der Waals surface area contributed by atoms with Crippen LogP contribution in [0.3, 0.4) is 0 Å². The van der Waals surface area contributed by atoms with Gasteiger partial charge in [-0.2, -0.15) is 0 Å². The molecule has 0 saturated carbocycles. The number of nitrogens with one attached hydrogen (secondary N) is 1. The van der Waals surface area contributed by atoms with Crippen LogP contribution in [0.2, 0.25) is 0 Å². The lowest BCUT2D eigenvalue weighted by molar-refractivity contribution is 0.602. The summed E-state index contributed by atoms with van der Waals surface area (Å²) in [6, 6.07) is 8.85. The van der Waals surface area contributed by atoms with Gasteiger partial charge in [0.1, 0.15) is 5.82 Å². The van der Waals surface area contributed by atoms with Gasteiger partial charge in [-0.05, 0) is 36.7 Å². The van der Waals surface area contributed by atoms with Crippen molar-refractivity contribution in [3.63, 3.8) is 0 Å². The molecular formula is C18H19N5O2S. The van der Waals surface area contributed by atoms with Crippen LogP contribution in [0.4, 0.5) is 0 Å². The summed E-state index contributed by atoms with van der Waals surface area (Å²) in [5.74, 6) is 0.938. The van der Waals surface area contributed by atoms with E-state index in [2.05, 4.69) is 19.4 Å². The number of imidazole rings is 1. The Morgan fingerprint density at radius 3 is 2.77 bits per heavy atom. The van der Waals surface area contributed by atoms with Crippen molar-refractivity contribution in [1.82, 2.24) is 19.4 Å². The van der Waals surface area contributed by atoms with Crippen molar-refractivity contribution in [2.75, 3.05) is 12.8 Å². The highest BCUT2D eigenvalue weighted by molar-refractivity contribution is 7.90. The van der Waals surface area contributed by atoms with Crippen LogP contribution in [0.5, 0.6) is 0 Å². The zero-order valence-electron chi connectivity index (χ0n) is 14.3. The van der Waals surface area contributed by atoms with E-state index in [1.807, 2.05) is 12.1 Å². The third kappa shape index (κ3) is 2.87. The molecular weight excluding hydrogens is 350 g/mol. The zero-order valence-corrected chi connectivity index (χ0v) is 15.1. The molecule has 0 amide bonds. The maximum atomic E-state index is 11.8. The number of aryl methyl sites for hydroxylation is 1. The number of rotatable bonds is 5. The number of sulfone groups is 1. The summed E-state index contributed by atoms with van der Waals surface area (Å²) in [4.78, 5) is 12.5. The number of aromatic nitrogens is 4. The fourth-order valence-corrected chi connectivity index (χ4v) is 3.76. The maximum Gasteiger partial charge on any atom is 0.175 e. The molecule has 3 aromatic heterocycles. The van der Waals surface area contributed by atoms with E-state index in [-0.39, 0.29) is 4.90 Å². The Morgan fingerprint density at radius 2 is 2.00 bits per heavy atom. The standard InChI is InChI=1S/C18H19N5O2S/c1-26(24,25)14-5-2-4-12(8-14)15-9-16-18(22-15)21-11-13-10-20-17(23(13)16)6-3-7-19/h2,4-5,8-11,22H,3,6-7,19H2,1H3. The van der Waals surface area contributed by atoms with Crippen LogP contribution < -0.4 is 5.73 Å². The van der Waals surface area contributed by atoms with Gasteiger partial charge in [-0.3, -0.25) is 4.40 Å². The maximum absolute atomic E-state index is 11.8. The second-order valence-electron chi connectivity index (χ2n) is 6.30. The smallest absolute Gasteiger partial charge is 0.175 e. The van der Waals surface area contributed by atoms with Crippen LogP contribution in [0.1, 0.15) is 12.2 Å². The lowest BCUT2D eigenvalue weighted by atomic mass is 10.1. The number of H-pyrrole nitrogens is 1. The molecule has 0 bridgehead atoms. The van der Waals surface area contributed by atoms with Crippen LogP contribution in [0.25, 0.3) is 27.9 Å². The molecule has 3 heterocycles. The zero-order chi connectivity index (χ0) is 18.3. The minimum atomic E-state index is -3.26. The molecule has 0 radical (unpaired) electrons. The summed E-state index contributed by atoms with van der Waals surface area (Å²) in [5, 5.41) is 0. The van der Waals surface area contributed by atoms with Gasteiger partial charge >= 0.3 is 0 Å². The number of aromatic amines is 1. The Kier molecular flexibility index (Phi) is 4.01. The molecule has 0 fully saturated rings. The quantitative estimate of drug-likeness (QED) is 0.561. The summed E-state index contributed by atoms with van der Waals surface area (Å²) in [6.07, 6.45) is 6.42. The predicted molar refractivity (Wildman–Crippen MR) is 101 cm³/mol. The molecule has 134 valence electrons. The molecule has 0 aliphatic carbocycles. The van der Waals surface area contributed by atoms with E-state index in [0.717, 1.165) is 46.6 Å². The molecule has 0 spiro atoms. The third-order valence-corrected chi connectivity index (χ3v) is 5.49. The lowest BCUT2D eigenvalue weighted by Crippen LogP contribution is -2.03. The predicted octanol–water partition coefficient (Wildman–Crippen LogP) is 2.17. The van der Waals surface area contributed by atoms with E-state index in [4.69, 9.17) is 5.73 Å². The van der Waals surface area contributed by atoms with Crippen molar-refractivity contribution in [2.24, 2.45) is 5.73 Å². The summed E-state index contributed by atoms with van der Waals surface area (Å²) in [5.41, 5.74) is 9.78. The van der Waals surface area contributed by atoms with Crippen molar-refractivity contribution in [2.45, 2.75) is 17.7 Å².